The maximum Gasteiger partial charge on any atom is 0.153 e. The molecule has 0 atom stereocenters. The second kappa shape index (κ2) is 7.00. The van der Waals surface area contributed by atoms with Gasteiger partial charge in [-0.3, -0.25) is 0 Å². The molecule has 1 aromatic heterocycles. The Hall–Kier alpha value is -1.47. The van der Waals surface area contributed by atoms with Crippen molar-refractivity contribution in [3.05, 3.63) is 34.6 Å². The van der Waals surface area contributed by atoms with Gasteiger partial charge >= 0.3 is 0 Å². The highest BCUT2D eigenvalue weighted by atomic mass is 32.1. The molecule has 3 nitrogen and oxygen atoms in total. The molecule has 1 aromatic carbocycles. The van der Waals surface area contributed by atoms with Gasteiger partial charge in [-0.25, -0.2) is 13.2 Å². The number of benzene rings is 1. The van der Waals surface area contributed by atoms with Gasteiger partial charge in [-0.05, 0) is 12.5 Å². The van der Waals surface area contributed by atoms with Crippen LogP contribution in [0.2, 0.25) is 0 Å². The molecule has 0 saturated heterocycles. The molecule has 114 valence electrons. The van der Waals surface area contributed by atoms with Crippen molar-refractivity contribution in [2.45, 2.75) is 20.3 Å². The summed E-state index contributed by atoms with van der Waals surface area (Å²) in [6.07, 6.45) is 0.634. The van der Waals surface area contributed by atoms with Crippen molar-refractivity contribution in [2.24, 2.45) is 5.92 Å². The van der Waals surface area contributed by atoms with Crippen LogP contribution in [0.5, 0.6) is 0 Å². The van der Waals surface area contributed by atoms with Gasteiger partial charge in [0.05, 0.1) is 5.56 Å². The molecule has 2 rings (SSSR count). The average Bonchev–Trinajstić information content (AvgIpc) is 2.81. The Kier molecular flexibility index (Phi) is 5.30. The zero-order valence-electron chi connectivity index (χ0n) is 11.8. The summed E-state index contributed by atoms with van der Waals surface area (Å²) in [6, 6.07) is 1.29. The number of aromatic nitrogens is 2. The van der Waals surface area contributed by atoms with Crippen molar-refractivity contribution in [1.29, 1.82) is 0 Å². The molecule has 0 spiro atoms. The van der Waals surface area contributed by atoms with Crippen LogP contribution in [0.25, 0.3) is 10.6 Å². The maximum atomic E-state index is 13.6. The number of nitrogens with zero attached hydrogens (tertiary/aromatic N) is 2. The zero-order chi connectivity index (χ0) is 15.4. The third-order valence-corrected chi connectivity index (χ3v) is 3.76. The summed E-state index contributed by atoms with van der Waals surface area (Å²) in [6.45, 7) is 5.83. The van der Waals surface area contributed by atoms with Crippen molar-refractivity contribution in [3.8, 4) is 10.6 Å². The summed E-state index contributed by atoms with van der Waals surface area (Å²) in [5.74, 6) is -2.32. The molecule has 0 aliphatic heterocycles. The molecule has 0 fully saturated rings. The van der Waals surface area contributed by atoms with Gasteiger partial charge in [0.1, 0.15) is 22.5 Å². The predicted octanol–water partition coefficient (Wildman–Crippen LogP) is 3.41. The lowest BCUT2D eigenvalue weighted by Crippen LogP contribution is -2.22. The van der Waals surface area contributed by atoms with E-state index in [0.29, 0.717) is 29.5 Å². The first-order chi connectivity index (χ1) is 9.97. The van der Waals surface area contributed by atoms with E-state index in [1.165, 1.54) is 0 Å². The molecular formula is C14H16F3N3S. The van der Waals surface area contributed by atoms with Crippen LogP contribution < -0.4 is 5.32 Å². The van der Waals surface area contributed by atoms with Crippen molar-refractivity contribution in [2.75, 3.05) is 13.1 Å². The largest absolute Gasteiger partial charge is 0.316 e. The highest BCUT2D eigenvalue weighted by Crippen LogP contribution is 2.29. The minimum absolute atomic E-state index is 0.129. The Morgan fingerprint density at radius 1 is 1.14 bits per heavy atom. The van der Waals surface area contributed by atoms with Gasteiger partial charge < -0.3 is 5.32 Å². The molecule has 7 heteroatoms. The normalized spacial score (nSPS) is 11.3. The van der Waals surface area contributed by atoms with Crippen LogP contribution in [0.1, 0.15) is 18.9 Å². The highest BCUT2D eigenvalue weighted by molar-refractivity contribution is 7.14. The Morgan fingerprint density at radius 2 is 1.81 bits per heavy atom. The summed E-state index contributed by atoms with van der Waals surface area (Å²) < 4.78 is 40.2. The van der Waals surface area contributed by atoms with Gasteiger partial charge in [0.15, 0.2) is 5.01 Å². The van der Waals surface area contributed by atoms with E-state index in [1.807, 2.05) is 0 Å². The predicted molar refractivity (Wildman–Crippen MR) is 76.6 cm³/mol. The third kappa shape index (κ3) is 4.25. The number of hydrogen-bond acceptors (Lipinski definition) is 4. The van der Waals surface area contributed by atoms with E-state index < -0.39 is 17.5 Å². The Bertz CT molecular complexity index is 590. The fourth-order valence-electron chi connectivity index (χ4n) is 1.79. The SMILES string of the molecule is CC(C)CNCCc1nnc(-c2c(F)cc(F)cc2F)s1. The first-order valence-electron chi connectivity index (χ1n) is 6.65. The van der Waals surface area contributed by atoms with Gasteiger partial charge in [-0.15, -0.1) is 10.2 Å². The monoisotopic (exact) mass is 315 g/mol. The summed E-state index contributed by atoms with van der Waals surface area (Å²) in [5.41, 5.74) is -0.324. The van der Waals surface area contributed by atoms with E-state index in [-0.39, 0.29) is 10.6 Å². The lowest BCUT2D eigenvalue weighted by Gasteiger charge is -2.05. The smallest absolute Gasteiger partial charge is 0.153 e. The van der Waals surface area contributed by atoms with Crippen molar-refractivity contribution in [3.63, 3.8) is 0 Å². The third-order valence-electron chi connectivity index (χ3n) is 2.76. The van der Waals surface area contributed by atoms with Crippen LogP contribution in [0, 0.1) is 23.4 Å². The fourth-order valence-corrected chi connectivity index (χ4v) is 2.68. The second-order valence-electron chi connectivity index (χ2n) is 5.09. The Labute approximate surface area is 125 Å². The van der Waals surface area contributed by atoms with Crippen molar-refractivity contribution >= 4 is 11.3 Å². The van der Waals surface area contributed by atoms with E-state index >= 15 is 0 Å². The number of hydrogen-bond donors (Lipinski definition) is 1. The molecule has 0 saturated carbocycles. The maximum absolute atomic E-state index is 13.6. The van der Waals surface area contributed by atoms with Crippen molar-refractivity contribution < 1.29 is 13.2 Å². The van der Waals surface area contributed by atoms with Crippen LogP contribution in [0.4, 0.5) is 13.2 Å². The molecular weight excluding hydrogens is 299 g/mol. The molecule has 0 aliphatic carbocycles. The molecule has 1 heterocycles. The summed E-state index contributed by atoms with van der Waals surface area (Å²) in [7, 11) is 0. The number of halogens is 3. The lowest BCUT2D eigenvalue weighted by atomic mass is 10.2. The van der Waals surface area contributed by atoms with Gasteiger partial charge in [0.2, 0.25) is 0 Å². The molecule has 0 bridgehead atoms. The van der Waals surface area contributed by atoms with E-state index in [4.69, 9.17) is 0 Å². The topological polar surface area (TPSA) is 37.8 Å². The quantitative estimate of drug-likeness (QED) is 0.830. The van der Waals surface area contributed by atoms with Crippen molar-refractivity contribution in [1.82, 2.24) is 15.5 Å². The summed E-state index contributed by atoms with van der Waals surface area (Å²) >= 11 is 1.11. The minimum atomic E-state index is -0.965. The number of nitrogens with one attached hydrogen (secondary N) is 1. The Morgan fingerprint density at radius 3 is 2.43 bits per heavy atom. The molecule has 2 aromatic rings. The summed E-state index contributed by atoms with van der Waals surface area (Å²) in [4.78, 5) is 0. The summed E-state index contributed by atoms with van der Waals surface area (Å²) in [5, 5.41) is 11.8. The van der Waals surface area contributed by atoms with Gasteiger partial charge in [0, 0.05) is 25.1 Å². The molecule has 0 aliphatic rings. The molecule has 1 N–H and O–H groups in total. The van der Waals surface area contributed by atoms with Gasteiger partial charge in [0.25, 0.3) is 0 Å². The minimum Gasteiger partial charge on any atom is -0.316 e. The highest BCUT2D eigenvalue weighted by Gasteiger charge is 2.17. The van der Waals surface area contributed by atoms with Crippen LogP contribution in [0.15, 0.2) is 12.1 Å². The average molecular weight is 315 g/mol. The molecule has 0 unspecified atom stereocenters. The molecule has 0 amide bonds. The fraction of sp³-hybridized carbons (Fsp3) is 0.429. The first kappa shape index (κ1) is 15.9. The Balaban J connectivity index is 2.06. The van der Waals surface area contributed by atoms with Gasteiger partial charge in [-0.2, -0.15) is 0 Å². The van der Waals surface area contributed by atoms with E-state index in [9.17, 15) is 13.2 Å². The van der Waals surface area contributed by atoms with E-state index in [2.05, 4.69) is 29.4 Å². The van der Waals surface area contributed by atoms with Crippen LogP contribution in [-0.4, -0.2) is 23.3 Å². The van der Waals surface area contributed by atoms with E-state index in [0.717, 1.165) is 24.4 Å². The van der Waals surface area contributed by atoms with E-state index in [1.54, 1.807) is 0 Å². The first-order valence-corrected chi connectivity index (χ1v) is 7.47. The molecule has 21 heavy (non-hydrogen) atoms. The van der Waals surface area contributed by atoms with Crippen LogP contribution in [-0.2, 0) is 6.42 Å². The second-order valence-corrected chi connectivity index (χ2v) is 6.16. The van der Waals surface area contributed by atoms with Crippen LogP contribution >= 0.6 is 11.3 Å². The van der Waals surface area contributed by atoms with Crippen LogP contribution in [0.3, 0.4) is 0 Å². The lowest BCUT2D eigenvalue weighted by molar-refractivity contribution is 0.547. The standard InChI is InChI=1S/C14H16F3N3S/c1-8(2)7-18-4-3-12-19-20-14(21-12)13-10(16)5-9(15)6-11(13)17/h5-6,8,18H,3-4,7H2,1-2H3. The number of rotatable bonds is 6. The zero-order valence-corrected chi connectivity index (χ0v) is 12.6. The molecule has 0 radical (unpaired) electrons. The van der Waals surface area contributed by atoms with Gasteiger partial charge in [-0.1, -0.05) is 25.2 Å².